The SMILES string of the molecule is CCCCC(CC)CN(CC(CC)CCCC)SSN(CC(CC)CCCC)CC(CC)CCCC. The molecule has 0 heterocycles. The Balaban J connectivity index is 5.45. The van der Waals surface area contributed by atoms with Crippen molar-refractivity contribution < 1.29 is 0 Å². The molecule has 4 atom stereocenters. The van der Waals surface area contributed by atoms with Crippen molar-refractivity contribution >= 4 is 22.0 Å². The molecule has 0 N–H and O–H groups in total. The van der Waals surface area contributed by atoms with Crippen molar-refractivity contribution in [3.63, 3.8) is 0 Å². The van der Waals surface area contributed by atoms with Gasteiger partial charge in [-0.25, -0.2) is 8.61 Å². The van der Waals surface area contributed by atoms with Gasteiger partial charge in [0.2, 0.25) is 0 Å². The summed E-state index contributed by atoms with van der Waals surface area (Å²) in [7, 11) is 4.23. The topological polar surface area (TPSA) is 6.48 Å². The van der Waals surface area contributed by atoms with Crippen molar-refractivity contribution in [1.29, 1.82) is 0 Å². The highest BCUT2D eigenvalue weighted by Crippen LogP contribution is 2.36. The maximum atomic E-state index is 2.80. The second kappa shape index (κ2) is 25.9. The minimum Gasteiger partial charge on any atom is -0.240 e. The summed E-state index contributed by atoms with van der Waals surface area (Å²) in [6.07, 6.45) is 21.7. The quantitative estimate of drug-likeness (QED) is 0.0748. The summed E-state index contributed by atoms with van der Waals surface area (Å²) in [6, 6.07) is 0. The van der Waals surface area contributed by atoms with Gasteiger partial charge in [0.1, 0.15) is 0 Å². The Bertz CT molecular complexity index is 372. The fourth-order valence-corrected chi connectivity index (χ4v) is 7.76. The molecule has 0 aromatic carbocycles. The molecule has 0 bridgehead atoms. The Kier molecular flexibility index (Phi) is 26.3. The van der Waals surface area contributed by atoms with E-state index in [2.05, 4.69) is 86.0 Å². The van der Waals surface area contributed by atoms with Crippen LogP contribution in [0.4, 0.5) is 0 Å². The van der Waals surface area contributed by atoms with E-state index in [9.17, 15) is 0 Å². The van der Waals surface area contributed by atoms with E-state index in [1.807, 2.05) is 0 Å². The second-order valence-corrected chi connectivity index (χ2v) is 13.7. The van der Waals surface area contributed by atoms with Gasteiger partial charge in [-0.05, 0) is 49.4 Å². The minimum absolute atomic E-state index is 0.844. The third-order valence-electron chi connectivity index (χ3n) is 8.26. The highest BCUT2D eigenvalue weighted by molar-refractivity contribution is 8.74. The predicted octanol–water partition coefficient (Wildman–Crippen LogP) is 11.7. The maximum Gasteiger partial charge on any atom is 0.0126 e. The van der Waals surface area contributed by atoms with Crippen molar-refractivity contribution in [3.05, 3.63) is 0 Å². The van der Waals surface area contributed by atoms with Crippen molar-refractivity contribution in [2.75, 3.05) is 26.2 Å². The van der Waals surface area contributed by atoms with E-state index >= 15 is 0 Å². The summed E-state index contributed by atoms with van der Waals surface area (Å²) in [5.74, 6) is 3.37. The first-order chi connectivity index (χ1) is 17.5. The highest BCUT2D eigenvalue weighted by Gasteiger charge is 2.22. The molecule has 4 heteroatoms. The third-order valence-corrected chi connectivity index (χ3v) is 10.8. The van der Waals surface area contributed by atoms with E-state index in [0.717, 1.165) is 23.7 Å². The number of hydrogen-bond acceptors (Lipinski definition) is 4. The minimum atomic E-state index is 0.844. The van der Waals surface area contributed by atoms with Gasteiger partial charge in [-0.2, -0.15) is 0 Å². The zero-order valence-corrected chi connectivity index (χ0v) is 27.8. The molecule has 0 fully saturated rings. The molecule has 0 radical (unpaired) electrons. The van der Waals surface area contributed by atoms with Crippen molar-refractivity contribution in [3.8, 4) is 0 Å². The largest absolute Gasteiger partial charge is 0.240 e. The first-order valence-electron chi connectivity index (χ1n) is 16.4. The van der Waals surface area contributed by atoms with E-state index in [-0.39, 0.29) is 0 Å². The van der Waals surface area contributed by atoms with Gasteiger partial charge in [0, 0.05) is 48.1 Å². The summed E-state index contributed by atoms with van der Waals surface area (Å²) >= 11 is 0. The van der Waals surface area contributed by atoms with Crippen molar-refractivity contribution in [2.24, 2.45) is 23.7 Å². The molecule has 0 saturated heterocycles. The van der Waals surface area contributed by atoms with E-state index in [1.165, 1.54) is 129 Å². The number of rotatable bonds is 27. The number of unbranched alkanes of at least 4 members (excludes halogenated alkanes) is 4. The molecule has 0 aliphatic carbocycles. The molecule has 36 heavy (non-hydrogen) atoms. The summed E-state index contributed by atoms with van der Waals surface area (Å²) < 4.78 is 5.59. The van der Waals surface area contributed by atoms with Crippen LogP contribution >= 0.6 is 22.0 Å². The number of hydrogen-bond donors (Lipinski definition) is 0. The molecule has 0 amide bonds. The van der Waals surface area contributed by atoms with Crippen LogP contribution in [-0.2, 0) is 0 Å². The lowest BCUT2D eigenvalue weighted by molar-refractivity contribution is 0.285. The van der Waals surface area contributed by atoms with Crippen LogP contribution < -0.4 is 0 Å². The standard InChI is InChI=1S/C32H68N2S2/c1-9-17-21-29(13-5)25-33(26-30(14-6)22-18-10-2)35-36-34(27-31(15-7)23-19-11-3)28-32(16-8)24-20-12-4/h29-32H,9-28H2,1-8H3. The smallest absolute Gasteiger partial charge is 0.0126 e. The molecule has 218 valence electrons. The summed E-state index contributed by atoms with van der Waals surface area (Å²) in [4.78, 5) is 0. The van der Waals surface area contributed by atoms with Crippen molar-refractivity contribution in [1.82, 2.24) is 8.61 Å². The Morgan fingerprint density at radius 3 is 0.778 bits per heavy atom. The Morgan fingerprint density at radius 2 is 0.611 bits per heavy atom. The molecule has 2 nitrogen and oxygen atoms in total. The van der Waals surface area contributed by atoms with Crippen LogP contribution in [0.3, 0.4) is 0 Å². The lowest BCUT2D eigenvalue weighted by Crippen LogP contribution is -2.31. The van der Waals surface area contributed by atoms with Gasteiger partial charge in [-0.1, -0.05) is 132 Å². The van der Waals surface area contributed by atoms with Gasteiger partial charge in [0.15, 0.2) is 0 Å². The molecule has 4 unspecified atom stereocenters. The van der Waals surface area contributed by atoms with E-state index < -0.39 is 0 Å². The van der Waals surface area contributed by atoms with Crippen LogP contribution in [0.2, 0.25) is 0 Å². The molecule has 0 saturated carbocycles. The maximum absolute atomic E-state index is 2.80. The van der Waals surface area contributed by atoms with Crippen LogP contribution in [0.1, 0.15) is 158 Å². The lowest BCUT2D eigenvalue weighted by atomic mass is 9.97. The summed E-state index contributed by atoms with van der Waals surface area (Å²) in [5, 5.41) is 0. The zero-order valence-electron chi connectivity index (χ0n) is 26.2. The van der Waals surface area contributed by atoms with E-state index in [4.69, 9.17) is 0 Å². The van der Waals surface area contributed by atoms with Crippen LogP contribution in [-0.4, -0.2) is 34.8 Å². The third kappa shape index (κ3) is 18.8. The molecule has 0 aliphatic rings. The molecule has 0 aromatic heterocycles. The van der Waals surface area contributed by atoms with Crippen LogP contribution in [0.25, 0.3) is 0 Å². The van der Waals surface area contributed by atoms with Gasteiger partial charge in [-0.15, -0.1) is 0 Å². The van der Waals surface area contributed by atoms with Crippen LogP contribution in [0.15, 0.2) is 0 Å². The molecule has 0 rings (SSSR count). The molecular weight excluding hydrogens is 477 g/mol. The van der Waals surface area contributed by atoms with E-state index in [1.54, 1.807) is 0 Å². The Labute approximate surface area is 237 Å². The average Bonchev–Trinajstić information content (AvgIpc) is 2.90. The van der Waals surface area contributed by atoms with Crippen LogP contribution in [0, 0.1) is 23.7 Å². The second-order valence-electron chi connectivity index (χ2n) is 11.5. The normalized spacial score (nSPS) is 15.5. The average molecular weight is 545 g/mol. The fraction of sp³-hybridized carbons (Fsp3) is 1.00. The van der Waals surface area contributed by atoms with Gasteiger partial charge < -0.3 is 0 Å². The van der Waals surface area contributed by atoms with E-state index in [0.29, 0.717) is 0 Å². The predicted molar refractivity (Wildman–Crippen MR) is 172 cm³/mol. The first-order valence-corrected chi connectivity index (χ1v) is 18.4. The van der Waals surface area contributed by atoms with Gasteiger partial charge in [0.25, 0.3) is 0 Å². The lowest BCUT2D eigenvalue weighted by Gasteiger charge is -2.33. The summed E-state index contributed by atoms with van der Waals surface area (Å²) in [6.45, 7) is 24.1. The van der Waals surface area contributed by atoms with Crippen LogP contribution in [0.5, 0.6) is 0 Å². The van der Waals surface area contributed by atoms with Crippen molar-refractivity contribution in [2.45, 2.75) is 158 Å². The van der Waals surface area contributed by atoms with Gasteiger partial charge in [0.05, 0.1) is 0 Å². The van der Waals surface area contributed by atoms with Gasteiger partial charge in [-0.3, -0.25) is 0 Å². The first kappa shape index (κ1) is 36.6. The zero-order chi connectivity index (χ0) is 27.0. The molecule has 0 aromatic rings. The Morgan fingerprint density at radius 1 is 0.389 bits per heavy atom. The monoisotopic (exact) mass is 544 g/mol. The molecule has 0 aliphatic heterocycles. The van der Waals surface area contributed by atoms with Gasteiger partial charge >= 0.3 is 0 Å². The molecule has 0 spiro atoms. The highest BCUT2D eigenvalue weighted by atomic mass is 33.1. The molecular formula is C32H68N2S2. The number of nitrogens with zero attached hydrogens (tertiary/aromatic N) is 2. The summed E-state index contributed by atoms with van der Waals surface area (Å²) in [5.41, 5.74) is 0. The Hall–Kier alpha value is 0.620. The fourth-order valence-electron chi connectivity index (χ4n) is 5.19.